The summed E-state index contributed by atoms with van der Waals surface area (Å²) in [5, 5.41) is 10.2. The topological polar surface area (TPSA) is 51.5 Å². The molecule has 4 heteroatoms. The smallest absolute Gasteiger partial charge is 0.352 e. The Labute approximate surface area is 112 Å². The van der Waals surface area contributed by atoms with E-state index < -0.39 is 5.97 Å². The number of nitrogens with zero attached hydrogens (tertiary/aromatic N) is 1. The highest BCUT2D eigenvalue weighted by Gasteiger charge is 2.14. The predicted molar refractivity (Wildman–Crippen MR) is 75.0 cm³/mol. The monoisotopic (exact) mass is 261 g/mol. The Bertz CT molecular complexity index is 586. The van der Waals surface area contributed by atoms with Crippen LogP contribution in [0.3, 0.4) is 0 Å². The van der Waals surface area contributed by atoms with Crippen molar-refractivity contribution in [3.05, 3.63) is 30.0 Å². The van der Waals surface area contributed by atoms with Gasteiger partial charge in [-0.15, -0.1) is 0 Å². The van der Waals surface area contributed by atoms with Gasteiger partial charge in [-0.2, -0.15) is 0 Å². The van der Waals surface area contributed by atoms with Gasteiger partial charge in [0.15, 0.2) is 0 Å². The molecule has 0 fully saturated rings. The maximum Gasteiger partial charge on any atom is 0.352 e. The molecule has 19 heavy (non-hydrogen) atoms. The summed E-state index contributed by atoms with van der Waals surface area (Å²) in [5.41, 5.74) is 1.27. The lowest BCUT2D eigenvalue weighted by atomic mass is 10.2. The molecule has 0 unspecified atom stereocenters. The van der Waals surface area contributed by atoms with Crippen molar-refractivity contribution in [2.45, 2.75) is 32.7 Å². The molecule has 0 bridgehead atoms. The minimum Gasteiger partial charge on any atom is -0.497 e. The molecule has 1 aromatic carbocycles. The molecular weight excluding hydrogens is 242 g/mol. The van der Waals surface area contributed by atoms with Gasteiger partial charge < -0.3 is 14.4 Å². The van der Waals surface area contributed by atoms with Gasteiger partial charge in [0, 0.05) is 18.0 Å². The standard InChI is InChI=1S/C15H19NO3/c1-3-4-5-8-16-13-10-12(19-2)7-6-11(13)9-14(16)15(17)18/h6-7,9-10H,3-5,8H2,1-2H3,(H,17,18). The quantitative estimate of drug-likeness (QED) is 0.809. The SMILES string of the molecule is CCCCCn1c(C(=O)O)cc2ccc(OC)cc21. The first-order chi connectivity index (χ1) is 9.17. The minimum absolute atomic E-state index is 0.347. The molecule has 0 spiro atoms. The van der Waals surface area contributed by atoms with E-state index >= 15 is 0 Å². The summed E-state index contributed by atoms with van der Waals surface area (Å²) in [6.07, 6.45) is 3.20. The molecule has 0 saturated carbocycles. The van der Waals surface area contributed by atoms with E-state index in [4.69, 9.17) is 4.74 Å². The fourth-order valence-corrected chi connectivity index (χ4v) is 2.30. The molecule has 0 aliphatic rings. The zero-order valence-corrected chi connectivity index (χ0v) is 11.3. The molecule has 1 N–H and O–H groups in total. The Hall–Kier alpha value is -1.97. The summed E-state index contributed by atoms with van der Waals surface area (Å²) >= 11 is 0. The van der Waals surface area contributed by atoms with E-state index in [9.17, 15) is 9.90 Å². The van der Waals surface area contributed by atoms with Gasteiger partial charge >= 0.3 is 5.97 Å². The summed E-state index contributed by atoms with van der Waals surface area (Å²) in [7, 11) is 1.61. The summed E-state index contributed by atoms with van der Waals surface area (Å²) in [6, 6.07) is 7.37. The average molecular weight is 261 g/mol. The Morgan fingerprint density at radius 1 is 1.32 bits per heavy atom. The van der Waals surface area contributed by atoms with Crippen LogP contribution in [0.2, 0.25) is 0 Å². The molecule has 2 rings (SSSR count). The number of carboxylic acid groups (broad SMARTS) is 1. The van der Waals surface area contributed by atoms with E-state index in [1.807, 2.05) is 22.8 Å². The van der Waals surface area contributed by atoms with Gasteiger partial charge in [0.1, 0.15) is 11.4 Å². The Kier molecular flexibility index (Phi) is 4.10. The van der Waals surface area contributed by atoms with E-state index in [1.165, 1.54) is 0 Å². The number of carbonyl (C=O) groups is 1. The molecule has 2 aromatic rings. The third-order valence-electron chi connectivity index (χ3n) is 3.32. The van der Waals surface area contributed by atoms with E-state index in [0.717, 1.165) is 42.5 Å². The number of carboxylic acids is 1. The third kappa shape index (κ3) is 2.72. The van der Waals surface area contributed by atoms with Crippen LogP contribution in [0.1, 0.15) is 36.7 Å². The van der Waals surface area contributed by atoms with Gasteiger partial charge in [-0.1, -0.05) is 19.8 Å². The number of methoxy groups -OCH3 is 1. The van der Waals surface area contributed by atoms with Crippen molar-refractivity contribution in [1.29, 1.82) is 0 Å². The van der Waals surface area contributed by atoms with Crippen LogP contribution < -0.4 is 4.74 Å². The maximum absolute atomic E-state index is 11.3. The predicted octanol–water partition coefficient (Wildman–Crippen LogP) is 3.54. The molecule has 0 aliphatic heterocycles. The van der Waals surface area contributed by atoms with Gasteiger partial charge in [0.2, 0.25) is 0 Å². The second-order valence-corrected chi connectivity index (χ2v) is 4.62. The largest absolute Gasteiger partial charge is 0.497 e. The van der Waals surface area contributed by atoms with Crippen molar-refractivity contribution in [3.63, 3.8) is 0 Å². The molecule has 0 atom stereocenters. The number of ether oxygens (including phenoxy) is 1. The van der Waals surface area contributed by atoms with Gasteiger partial charge in [-0.3, -0.25) is 0 Å². The average Bonchev–Trinajstić information content (AvgIpc) is 2.77. The number of hydrogen-bond donors (Lipinski definition) is 1. The number of unbranched alkanes of at least 4 members (excludes halogenated alkanes) is 2. The number of benzene rings is 1. The van der Waals surface area contributed by atoms with Crippen LogP contribution in [0.5, 0.6) is 5.75 Å². The molecule has 4 nitrogen and oxygen atoms in total. The molecule has 0 radical (unpaired) electrons. The number of rotatable bonds is 6. The third-order valence-corrected chi connectivity index (χ3v) is 3.32. The summed E-state index contributed by atoms with van der Waals surface area (Å²) in [4.78, 5) is 11.3. The molecule has 1 heterocycles. The normalized spacial score (nSPS) is 10.8. The van der Waals surface area contributed by atoms with Crippen molar-refractivity contribution >= 4 is 16.9 Å². The van der Waals surface area contributed by atoms with Crippen LogP contribution in [-0.2, 0) is 6.54 Å². The number of aromatic nitrogens is 1. The summed E-state index contributed by atoms with van der Waals surface area (Å²) in [6.45, 7) is 2.86. The molecule has 0 amide bonds. The molecule has 102 valence electrons. The van der Waals surface area contributed by atoms with Gasteiger partial charge in [-0.05, 0) is 24.6 Å². The zero-order chi connectivity index (χ0) is 13.8. The molecule has 0 saturated heterocycles. The Balaban J connectivity index is 2.47. The highest BCUT2D eigenvalue weighted by Crippen LogP contribution is 2.25. The Morgan fingerprint density at radius 3 is 2.74 bits per heavy atom. The van der Waals surface area contributed by atoms with Crippen molar-refractivity contribution in [1.82, 2.24) is 4.57 Å². The van der Waals surface area contributed by atoms with Crippen molar-refractivity contribution in [2.24, 2.45) is 0 Å². The number of hydrogen-bond acceptors (Lipinski definition) is 2. The van der Waals surface area contributed by atoms with Crippen LogP contribution >= 0.6 is 0 Å². The lowest BCUT2D eigenvalue weighted by molar-refractivity contribution is 0.0685. The highest BCUT2D eigenvalue weighted by atomic mass is 16.5. The first kappa shape index (κ1) is 13.5. The lowest BCUT2D eigenvalue weighted by Gasteiger charge is -2.08. The first-order valence-electron chi connectivity index (χ1n) is 6.58. The van der Waals surface area contributed by atoms with Crippen LogP contribution in [-0.4, -0.2) is 22.8 Å². The van der Waals surface area contributed by atoms with Crippen LogP contribution in [0, 0.1) is 0 Å². The Morgan fingerprint density at radius 2 is 2.11 bits per heavy atom. The summed E-state index contributed by atoms with van der Waals surface area (Å²) < 4.78 is 7.08. The van der Waals surface area contributed by atoms with Gasteiger partial charge in [-0.25, -0.2) is 4.79 Å². The van der Waals surface area contributed by atoms with Crippen molar-refractivity contribution < 1.29 is 14.6 Å². The number of fused-ring (bicyclic) bond motifs is 1. The highest BCUT2D eigenvalue weighted by molar-refractivity contribution is 5.95. The molecule has 0 aliphatic carbocycles. The number of aromatic carboxylic acids is 1. The second kappa shape index (κ2) is 5.78. The summed E-state index contributed by atoms with van der Waals surface area (Å²) in [5.74, 6) is -0.133. The lowest BCUT2D eigenvalue weighted by Crippen LogP contribution is -2.08. The van der Waals surface area contributed by atoms with E-state index in [1.54, 1.807) is 13.2 Å². The van der Waals surface area contributed by atoms with E-state index in [-0.39, 0.29) is 0 Å². The van der Waals surface area contributed by atoms with Crippen LogP contribution in [0.25, 0.3) is 10.9 Å². The fourth-order valence-electron chi connectivity index (χ4n) is 2.30. The fraction of sp³-hybridized carbons (Fsp3) is 0.400. The zero-order valence-electron chi connectivity index (χ0n) is 11.3. The van der Waals surface area contributed by atoms with Crippen LogP contribution in [0.15, 0.2) is 24.3 Å². The number of aryl methyl sites for hydroxylation is 1. The van der Waals surface area contributed by atoms with Crippen molar-refractivity contribution in [3.8, 4) is 5.75 Å². The second-order valence-electron chi connectivity index (χ2n) is 4.62. The van der Waals surface area contributed by atoms with Gasteiger partial charge in [0.25, 0.3) is 0 Å². The minimum atomic E-state index is -0.883. The van der Waals surface area contributed by atoms with E-state index in [2.05, 4.69) is 6.92 Å². The maximum atomic E-state index is 11.3. The molecule has 1 aromatic heterocycles. The van der Waals surface area contributed by atoms with Crippen LogP contribution in [0.4, 0.5) is 0 Å². The van der Waals surface area contributed by atoms with Gasteiger partial charge in [0.05, 0.1) is 12.6 Å². The first-order valence-corrected chi connectivity index (χ1v) is 6.58. The molecular formula is C15H19NO3. The van der Waals surface area contributed by atoms with E-state index in [0.29, 0.717) is 5.69 Å². The van der Waals surface area contributed by atoms with Crippen molar-refractivity contribution in [2.75, 3.05) is 7.11 Å².